The lowest BCUT2D eigenvalue weighted by molar-refractivity contribution is -0.117. The fourth-order valence-electron chi connectivity index (χ4n) is 2.31. The number of carbonyl (C=O) groups excluding carboxylic acids is 2. The van der Waals surface area contributed by atoms with Crippen molar-refractivity contribution in [2.24, 2.45) is 0 Å². The number of hydrogen-bond acceptors (Lipinski definition) is 4. The summed E-state index contributed by atoms with van der Waals surface area (Å²) in [4.78, 5) is 24.7. The second-order valence-electron chi connectivity index (χ2n) is 4.96. The molecule has 0 saturated carbocycles. The van der Waals surface area contributed by atoms with Gasteiger partial charge in [-0.1, -0.05) is 36.4 Å². The number of nitriles is 1. The molecule has 1 fully saturated rings. The maximum atomic E-state index is 12.5. The van der Waals surface area contributed by atoms with Crippen LogP contribution in [0.5, 0.6) is 5.75 Å². The molecule has 2 amide bonds. The van der Waals surface area contributed by atoms with Crippen LogP contribution < -0.4 is 15.2 Å². The van der Waals surface area contributed by atoms with Crippen molar-refractivity contribution < 1.29 is 14.3 Å². The zero-order valence-electron chi connectivity index (χ0n) is 12.6. The van der Waals surface area contributed by atoms with E-state index >= 15 is 0 Å². The summed E-state index contributed by atoms with van der Waals surface area (Å²) in [5.41, 5.74) is 3.68. The molecule has 0 bridgehead atoms. The first-order valence-corrected chi connectivity index (χ1v) is 7.21. The van der Waals surface area contributed by atoms with Gasteiger partial charge in [0.1, 0.15) is 17.4 Å². The maximum Gasteiger partial charge on any atom is 0.282 e. The summed E-state index contributed by atoms with van der Waals surface area (Å²) in [5.74, 6) is -0.495. The molecule has 1 aliphatic rings. The van der Waals surface area contributed by atoms with Crippen LogP contribution in [0.2, 0.25) is 0 Å². The Hall–Kier alpha value is -3.59. The van der Waals surface area contributed by atoms with Gasteiger partial charge in [0, 0.05) is 5.56 Å². The molecule has 6 heteroatoms. The molecular formula is C18H13N3O3. The van der Waals surface area contributed by atoms with Crippen molar-refractivity contribution >= 4 is 23.6 Å². The summed E-state index contributed by atoms with van der Waals surface area (Å²) in [5, 5.41) is 9.83. The predicted octanol–water partition coefficient (Wildman–Crippen LogP) is 2.05. The lowest BCUT2D eigenvalue weighted by atomic mass is 10.1. The van der Waals surface area contributed by atoms with Crippen LogP contribution in [-0.2, 0) is 9.59 Å². The molecule has 0 radical (unpaired) electrons. The molecule has 1 aliphatic heterocycles. The Balaban J connectivity index is 1.93. The van der Waals surface area contributed by atoms with Crippen molar-refractivity contribution in [2.45, 2.75) is 0 Å². The Morgan fingerprint density at radius 3 is 2.54 bits per heavy atom. The third-order valence-corrected chi connectivity index (χ3v) is 3.42. The largest absolute Gasteiger partial charge is 0.478 e. The van der Waals surface area contributed by atoms with Gasteiger partial charge < -0.3 is 4.74 Å². The van der Waals surface area contributed by atoms with E-state index in [9.17, 15) is 9.59 Å². The van der Waals surface area contributed by atoms with E-state index < -0.39 is 11.8 Å². The summed E-state index contributed by atoms with van der Waals surface area (Å²) in [7, 11) is 0. The van der Waals surface area contributed by atoms with Gasteiger partial charge in [0.25, 0.3) is 11.8 Å². The standard InChI is InChI=1S/C18H13N3O3/c19-10-11-24-16-9-5-4-6-13(16)12-15-17(22)20-21(18(15)23)14-7-2-1-3-8-14/h1-9,12H,11H2,(H,20,22). The lowest BCUT2D eigenvalue weighted by Crippen LogP contribution is -2.35. The smallest absolute Gasteiger partial charge is 0.282 e. The molecule has 0 atom stereocenters. The first-order chi connectivity index (χ1) is 11.7. The van der Waals surface area contributed by atoms with Crippen LogP contribution in [-0.4, -0.2) is 18.4 Å². The van der Waals surface area contributed by atoms with E-state index in [0.717, 1.165) is 0 Å². The van der Waals surface area contributed by atoms with Gasteiger partial charge in [0.05, 0.1) is 5.69 Å². The molecule has 2 aromatic carbocycles. The molecular weight excluding hydrogens is 306 g/mol. The summed E-state index contributed by atoms with van der Waals surface area (Å²) in [6.45, 7) is -0.115. The number of benzene rings is 2. The number of hydrazine groups is 1. The minimum absolute atomic E-state index is 0.00635. The van der Waals surface area contributed by atoms with Gasteiger partial charge in [0.15, 0.2) is 6.61 Å². The van der Waals surface area contributed by atoms with E-state index in [1.165, 1.54) is 11.1 Å². The van der Waals surface area contributed by atoms with Crippen LogP contribution in [0.1, 0.15) is 5.56 Å². The number of hydrogen-bond donors (Lipinski definition) is 1. The zero-order chi connectivity index (χ0) is 16.9. The Morgan fingerprint density at radius 2 is 1.79 bits per heavy atom. The van der Waals surface area contributed by atoms with Gasteiger partial charge >= 0.3 is 0 Å². The fraction of sp³-hybridized carbons (Fsp3) is 0.0556. The van der Waals surface area contributed by atoms with E-state index in [1.807, 2.05) is 12.1 Å². The number of amides is 2. The number of carbonyl (C=O) groups is 2. The molecule has 6 nitrogen and oxygen atoms in total. The van der Waals surface area contributed by atoms with Crippen molar-refractivity contribution in [3.63, 3.8) is 0 Å². The normalized spacial score (nSPS) is 15.3. The summed E-state index contributed by atoms with van der Waals surface area (Å²) >= 11 is 0. The van der Waals surface area contributed by atoms with E-state index in [0.29, 0.717) is 17.0 Å². The van der Waals surface area contributed by atoms with Crippen LogP contribution in [0.25, 0.3) is 6.08 Å². The predicted molar refractivity (Wildman–Crippen MR) is 87.6 cm³/mol. The highest BCUT2D eigenvalue weighted by Gasteiger charge is 2.34. The average Bonchev–Trinajstić information content (AvgIpc) is 2.90. The minimum Gasteiger partial charge on any atom is -0.478 e. The summed E-state index contributed by atoms with van der Waals surface area (Å²) < 4.78 is 5.32. The Morgan fingerprint density at radius 1 is 1.08 bits per heavy atom. The van der Waals surface area contributed by atoms with Gasteiger partial charge in [-0.05, 0) is 24.3 Å². The topological polar surface area (TPSA) is 82.4 Å². The zero-order valence-corrected chi connectivity index (χ0v) is 12.6. The van der Waals surface area contributed by atoms with Crippen LogP contribution in [0.4, 0.5) is 5.69 Å². The molecule has 2 aromatic rings. The quantitative estimate of drug-likeness (QED) is 0.690. The summed E-state index contributed by atoms with van der Waals surface area (Å²) in [6, 6.07) is 17.6. The first-order valence-electron chi connectivity index (χ1n) is 7.21. The monoisotopic (exact) mass is 319 g/mol. The van der Waals surface area contributed by atoms with Gasteiger partial charge in [-0.2, -0.15) is 5.26 Å². The fourth-order valence-corrected chi connectivity index (χ4v) is 2.31. The molecule has 24 heavy (non-hydrogen) atoms. The van der Waals surface area contributed by atoms with E-state index in [-0.39, 0.29) is 12.2 Å². The lowest BCUT2D eigenvalue weighted by Gasteiger charge is -2.13. The number of rotatable bonds is 4. The maximum absolute atomic E-state index is 12.5. The molecule has 0 aliphatic carbocycles. The molecule has 0 aromatic heterocycles. The molecule has 3 rings (SSSR count). The van der Waals surface area contributed by atoms with Crippen LogP contribution in [0.15, 0.2) is 60.2 Å². The molecule has 1 heterocycles. The Bertz CT molecular complexity index is 853. The molecule has 118 valence electrons. The molecule has 1 saturated heterocycles. The highest BCUT2D eigenvalue weighted by Crippen LogP contribution is 2.25. The molecule has 0 unspecified atom stereocenters. The number of anilines is 1. The SMILES string of the molecule is N#CCOc1ccccc1C=C1C(=O)NN(c2ccccc2)C1=O. The highest BCUT2D eigenvalue weighted by atomic mass is 16.5. The first kappa shape index (κ1) is 15.3. The van der Waals surface area contributed by atoms with Crippen LogP contribution in [0, 0.1) is 11.3 Å². The van der Waals surface area contributed by atoms with Crippen molar-refractivity contribution in [1.82, 2.24) is 5.43 Å². The molecule has 0 spiro atoms. The molecule has 1 N–H and O–H groups in total. The van der Waals surface area contributed by atoms with Gasteiger partial charge in [-0.25, -0.2) is 5.01 Å². The number of para-hydroxylation sites is 2. The third kappa shape index (κ3) is 2.96. The Kier molecular flexibility index (Phi) is 4.25. The average molecular weight is 319 g/mol. The second kappa shape index (κ2) is 6.67. The number of nitrogens with one attached hydrogen (secondary N) is 1. The van der Waals surface area contributed by atoms with Crippen molar-refractivity contribution in [2.75, 3.05) is 11.6 Å². The van der Waals surface area contributed by atoms with Crippen LogP contribution >= 0.6 is 0 Å². The third-order valence-electron chi connectivity index (χ3n) is 3.42. The second-order valence-corrected chi connectivity index (χ2v) is 4.96. The van der Waals surface area contributed by atoms with Gasteiger partial charge in [-0.15, -0.1) is 0 Å². The number of nitrogens with zero attached hydrogens (tertiary/aromatic N) is 2. The summed E-state index contributed by atoms with van der Waals surface area (Å²) in [6.07, 6.45) is 1.47. The minimum atomic E-state index is -0.487. The van der Waals surface area contributed by atoms with Gasteiger partial charge in [-0.3, -0.25) is 15.0 Å². The van der Waals surface area contributed by atoms with Crippen molar-refractivity contribution in [3.05, 3.63) is 65.7 Å². The van der Waals surface area contributed by atoms with Crippen molar-refractivity contribution in [3.8, 4) is 11.8 Å². The Labute approximate surface area is 138 Å². The van der Waals surface area contributed by atoms with Crippen LogP contribution in [0.3, 0.4) is 0 Å². The van der Waals surface area contributed by atoms with Gasteiger partial charge in [0.2, 0.25) is 0 Å². The number of ether oxygens (including phenoxy) is 1. The van der Waals surface area contributed by atoms with E-state index in [4.69, 9.17) is 10.00 Å². The van der Waals surface area contributed by atoms with E-state index in [1.54, 1.807) is 48.5 Å². The highest BCUT2D eigenvalue weighted by molar-refractivity contribution is 6.31. The van der Waals surface area contributed by atoms with Crippen molar-refractivity contribution in [1.29, 1.82) is 5.26 Å². The van der Waals surface area contributed by atoms with E-state index in [2.05, 4.69) is 5.43 Å².